The van der Waals surface area contributed by atoms with Crippen molar-refractivity contribution >= 4 is 55.0 Å². The number of rotatable bonds is 3. The summed E-state index contributed by atoms with van der Waals surface area (Å²) < 4.78 is 0.387. The van der Waals surface area contributed by atoms with Crippen molar-refractivity contribution in [3.05, 3.63) is 61.5 Å². The lowest BCUT2D eigenvalue weighted by atomic mass is 10.2. The summed E-state index contributed by atoms with van der Waals surface area (Å²) >= 11 is 6.19. The molecular formula is C13H8Br2N2O4. The van der Waals surface area contributed by atoms with Gasteiger partial charge in [0.2, 0.25) is 0 Å². The molecule has 0 heterocycles. The second-order valence-corrected chi connectivity index (χ2v) is 5.68. The summed E-state index contributed by atoms with van der Waals surface area (Å²) in [6.45, 7) is 0. The van der Waals surface area contributed by atoms with E-state index < -0.39 is 11.0 Å². The quantitative estimate of drug-likeness (QED) is 0.568. The van der Waals surface area contributed by atoms with Gasteiger partial charge in [-0.15, -0.1) is 0 Å². The van der Waals surface area contributed by atoms with Crippen LogP contribution in [-0.2, 0) is 0 Å². The van der Waals surface area contributed by atoms with Gasteiger partial charge < -0.3 is 5.11 Å². The fraction of sp³-hybridized carbons (Fsp3) is 0. The van der Waals surface area contributed by atoms with Crippen molar-refractivity contribution < 1.29 is 14.8 Å². The van der Waals surface area contributed by atoms with Gasteiger partial charge in [-0.2, -0.15) is 0 Å². The fourth-order valence-electron chi connectivity index (χ4n) is 1.80. The van der Waals surface area contributed by atoms with Crippen molar-refractivity contribution in [1.29, 1.82) is 0 Å². The number of carbonyl (C=O) groups is 1. The fourth-order valence-corrected chi connectivity index (χ4v) is 3.25. The summed E-state index contributed by atoms with van der Waals surface area (Å²) in [5, 5.41) is 20.3. The molecule has 0 aliphatic heterocycles. The smallest absolute Gasteiger partial charge is 0.416 e. The van der Waals surface area contributed by atoms with E-state index in [2.05, 4.69) is 31.9 Å². The van der Waals surface area contributed by atoms with E-state index in [9.17, 15) is 20.0 Å². The Balaban J connectivity index is 2.58. The topological polar surface area (TPSA) is 83.7 Å². The van der Waals surface area contributed by atoms with Gasteiger partial charge in [0.15, 0.2) is 0 Å². The minimum atomic E-state index is -1.19. The predicted molar refractivity (Wildman–Crippen MR) is 85.1 cm³/mol. The van der Waals surface area contributed by atoms with Crippen LogP contribution in [0.2, 0.25) is 0 Å². The van der Waals surface area contributed by atoms with Crippen LogP contribution in [0.1, 0.15) is 0 Å². The molecule has 108 valence electrons. The summed E-state index contributed by atoms with van der Waals surface area (Å²) in [6, 6.07) is 11.2. The maximum atomic E-state index is 11.5. The minimum absolute atomic E-state index is 0.155. The van der Waals surface area contributed by atoms with Gasteiger partial charge in [-0.3, -0.25) is 10.1 Å². The van der Waals surface area contributed by atoms with Crippen LogP contribution >= 0.6 is 31.9 Å². The lowest BCUT2D eigenvalue weighted by Gasteiger charge is -2.20. The number of amides is 1. The van der Waals surface area contributed by atoms with Crippen molar-refractivity contribution in [3.63, 3.8) is 0 Å². The first-order chi connectivity index (χ1) is 9.91. The molecule has 0 bridgehead atoms. The molecule has 0 atom stereocenters. The largest absolute Gasteiger partial charge is 0.464 e. The van der Waals surface area contributed by atoms with Crippen LogP contribution in [-0.4, -0.2) is 16.1 Å². The summed E-state index contributed by atoms with van der Waals surface area (Å²) in [5.74, 6) is 0. The van der Waals surface area contributed by atoms with Gasteiger partial charge in [0.1, 0.15) is 0 Å². The second kappa shape index (κ2) is 6.23. The molecule has 0 saturated heterocycles. The molecular weight excluding hydrogens is 408 g/mol. The number of carboxylic acid groups (broad SMARTS) is 1. The molecule has 2 rings (SSSR count). The Morgan fingerprint density at radius 3 is 2.05 bits per heavy atom. The first kappa shape index (κ1) is 15.5. The van der Waals surface area contributed by atoms with E-state index in [1.807, 2.05) is 0 Å². The Kier molecular flexibility index (Phi) is 4.59. The van der Waals surface area contributed by atoms with Crippen LogP contribution in [0.4, 0.5) is 21.9 Å². The van der Waals surface area contributed by atoms with Gasteiger partial charge >= 0.3 is 6.09 Å². The zero-order valence-electron chi connectivity index (χ0n) is 10.4. The molecule has 2 aromatic carbocycles. The molecule has 1 amide bonds. The van der Waals surface area contributed by atoms with Gasteiger partial charge in [0.05, 0.1) is 25.2 Å². The van der Waals surface area contributed by atoms with Gasteiger partial charge in [0, 0.05) is 0 Å². The van der Waals surface area contributed by atoms with Crippen LogP contribution in [0.25, 0.3) is 0 Å². The molecule has 2 aromatic rings. The Bertz CT molecular complexity index is 684. The van der Waals surface area contributed by atoms with E-state index in [0.29, 0.717) is 5.69 Å². The number of benzene rings is 2. The number of para-hydroxylation sites is 1. The van der Waals surface area contributed by atoms with Crippen molar-refractivity contribution in [1.82, 2.24) is 0 Å². The van der Waals surface area contributed by atoms with E-state index in [1.165, 1.54) is 12.1 Å². The standard InChI is InChI=1S/C13H8Br2N2O4/c14-10-6-9(7-11(15)12(10)17(20)21)16(13(18)19)8-4-2-1-3-5-8/h1-7H,(H,18,19). The Hall–Kier alpha value is -1.93. The minimum Gasteiger partial charge on any atom is -0.464 e. The van der Waals surface area contributed by atoms with Crippen LogP contribution in [0.15, 0.2) is 51.4 Å². The Morgan fingerprint density at radius 2 is 1.62 bits per heavy atom. The first-order valence-corrected chi connectivity index (χ1v) is 7.22. The summed E-state index contributed by atoms with van der Waals surface area (Å²) in [6.07, 6.45) is -1.19. The third kappa shape index (κ3) is 3.22. The van der Waals surface area contributed by atoms with Crippen LogP contribution < -0.4 is 4.90 Å². The van der Waals surface area contributed by atoms with Gasteiger partial charge in [-0.05, 0) is 56.1 Å². The molecule has 21 heavy (non-hydrogen) atoms. The predicted octanol–water partition coefficient (Wildman–Crippen LogP) is 4.94. The molecule has 0 spiro atoms. The first-order valence-electron chi connectivity index (χ1n) is 5.63. The Labute approximate surface area is 136 Å². The average Bonchev–Trinajstić information content (AvgIpc) is 2.38. The van der Waals surface area contributed by atoms with E-state index >= 15 is 0 Å². The van der Waals surface area contributed by atoms with Crippen molar-refractivity contribution in [2.75, 3.05) is 4.90 Å². The SMILES string of the molecule is O=C(O)N(c1ccccc1)c1cc(Br)c([N+](=O)[O-])c(Br)c1. The molecule has 6 nitrogen and oxygen atoms in total. The van der Waals surface area contributed by atoms with Crippen LogP contribution in [0, 0.1) is 10.1 Å². The molecule has 0 fully saturated rings. The summed E-state index contributed by atoms with van der Waals surface area (Å²) in [7, 11) is 0. The third-order valence-electron chi connectivity index (χ3n) is 2.65. The molecule has 0 radical (unpaired) electrons. The number of nitrogens with zero attached hydrogens (tertiary/aromatic N) is 2. The molecule has 8 heteroatoms. The lowest BCUT2D eigenvalue weighted by molar-refractivity contribution is -0.386. The van der Waals surface area contributed by atoms with E-state index in [0.717, 1.165) is 4.90 Å². The number of anilines is 2. The number of halogens is 2. The van der Waals surface area contributed by atoms with Gasteiger partial charge in [-0.1, -0.05) is 18.2 Å². The van der Waals surface area contributed by atoms with Crippen molar-refractivity contribution in [3.8, 4) is 0 Å². The van der Waals surface area contributed by atoms with E-state index in [1.54, 1.807) is 30.3 Å². The highest BCUT2D eigenvalue weighted by molar-refractivity contribution is 9.11. The second-order valence-electron chi connectivity index (χ2n) is 3.97. The van der Waals surface area contributed by atoms with Crippen molar-refractivity contribution in [2.24, 2.45) is 0 Å². The monoisotopic (exact) mass is 414 g/mol. The van der Waals surface area contributed by atoms with E-state index in [4.69, 9.17) is 0 Å². The molecule has 0 aromatic heterocycles. The zero-order valence-corrected chi connectivity index (χ0v) is 13.5. The third-order valence-corrected chi connectivity index (χ3v) is 3.86. The maximum absolute atomic E-state index is 11.5. The van der Waals surface area contributed by atoms with Crippen molar-refractivity contribution in [2.45, 2.75) is 0 Å². The summed E-state index contributed by atoms with van der Waals surface area (Å²) in [4.78, 5) is 22.9. The van der Waals surface area contributed by atoms with Gasteiger partial charge in [0.25, 0.3) is 5.69 Å². The maximum Gasteiger partial charge on any atom is 0.416 e. The van der Waals surface area contributed by atoms with E-state index in [-0.39, 0.29) is 20.3 Å². The van der Waals surface area contributed by atoms with Crippen LogP contribution in [0.5, 0.6) is 0 Å². The number of hydrogen-bond acceptors (Lipinski definition) is 3. The summed E-state index contributed by atoms with van der Waals surface area (Å²) in [5.41, 5.74) is 0.577. The molecule has 0 aliphatic carbocycles. The number of nitro benzene ring substituents is 1. The highest BCUT2D eigenvalue weighted by Gasteiger charge is 2.23. The molecule has 0 aliphatic rings. The highest BCUT2D eigenvalue weighted by Crippen LogP contribution is 2.38. The zero-order chi connectivity index (χ0) is 15.6. The molecule has 0 unspecified atom stereocenters. The highest BCUT2D eigenvalue weighted by atomic mass is 79.9. The van der Waals surface area contributed by atoms with Crippen LogP contribution in [0.3, 0.4) is 0 Å². The number of nitro groups is 1. The molecule has 1 N–H and O–H groups in total. The molecule has 0 saturated carbocycles. The lowest BCUT2D eigenvalue weighted by Crippen LogP contribution is -2.23. The number of hydrogen-bond donors (Lipinski definition) is 1. The average molecular weight is 416 g/mol. The normalized spacial score (nSPS) is 10.2. The Morgan fingerprint density at radius 1 is 1.10 bits per heavy atom. The van der Waals surface area contributed by atoms with Gasteiger partial charge in [-0.25, -0.2) is 9.69 Å².